The van der Waals surface area contributed by atoms with E-state index in [-0.39, 0.29) is 16.6 Å². The van der Waals surface area contributed by atoms with Gasteiger partial charge in [0.2, 0.25) is 10.0 Å². The minimum Gasteiger partial charge on any atom is -0.212 e. The Kier molecular flexibility index (Phi) is 4.81. The molecule has 0 spiro atoms. The maximum Gasteiger partial charge on any atom is 0.216 e. The van der Waals surface area contributed by atoms with Crippen molar-refractivity contribution in [1.29, 1.82) is 0 Å². The van der Waals surface area contributed by atoms with Crippen LogP contribution in [0.1, 0.15) is 37.7 Å². The van der Waals surface area contributed by atoms with Gasteiger partial charge in [-0.25, -0.2) is 17.5 Å². The lowest BCUT2D eigenvalue weighted by atomic mass is 9.96. The summed E-state index contributed by atoms with van der Waals surface area (Å²) in [6, 6.07) is 4.15. The summed E-state index contributed by atoms with van der Waals surface area (Å²) < 4.78 is 40.3. The van der Waals surface area contributed by atoms with Crippen LogP contribution in [-0.4, -0.2) is 14.5 Å². The van der Waals surface area contributed by atoms with Gasteiger partial charge >= 0.3 is 0 Å². The van der Waals surface area contributed by atoms with E-state index in [4.69, 9.17) is 11.6 Å². The van der Waals surface area contributed by atoms with Crippen LogP contribution in [-0.2, 0) is 15.8 Å². The van der Waals surface area contributed by atoms with Crippen LogP contribution in [0.3, 0.4) is 0 Å². The molecule has 1 aromatic rings. The van der Waals surface area contributed by atoms with E-state index in [1.165, 1.54) is 18.2 Å². The van der Waals surface area contributed by atoms with Gasteiger partial charge in [-0.05, 0) is 25.0 Å². The Hall–Kier alpha value is -0.650. The Labute approximate surface area is 118 Å². The predicted octanol–water partition coefficient (Wildman–Crippen LogP) is 3.23. The number of hydrogen-bond acceptors (Lipinski definition) is 2. The van der Waals surface area contributed by atoms with Gasteiger partial charge in [-0.1, -0.05) is 36.9 Å². The molecule has 6 heteroatoms. The summed E-state index contributed by atoms with van der Waals surface area (Å²) in [5.74, 6) is -0.990. The van der Waals surface area contributed by atoms with Gasteiger partial charge in [0.25, 0.3) is 0 Å². The van der Waals surface area contributed by atoms with E-state index in [0.717, 1.165) is 32.1 Å². The molecule has 1 fully saturated rings. The van der Waals surface area contributed by atoms with Crippen LogP contribution in [0.25, 0.3) is 0 Å². The molecule has 0 heterocycles. The lowest BCUT2D eigenvalue weighted by Crippen LogP contribution is -2.37. The summed E-state index contributed by atoms with van der Waals surface area (Å²) in [4.78, 5) is 0. The third-order valence-corrected chi connectivity index (χ3v) is 5.06. The molecule has 0 aliphatic heterocycles. The third kappa shape index (κ3) is 4.16. The maximum absolute atomic E-state index is 13.6. The Morgan fingerprint density at radius 2 is 1.95 bits per heavy atom. The lowest BCUT2D eigenvalue weighted by Gasteiger charge is -2.22. The van der Waals surface area contributed by atoms with Crippen molar-refractivity contribution < 1.29 is 12.8 Å². The van der Waals surface area contributed by atoms with Gasteiger partial charge in [0.15, 0.2) is 0 Å². The van der Waals surface area contributed by atoms with Crippen LogP contribution in [0, 0.1) is 5.82 Å². The van der Waals surface area contributed by atoms with E-state index >= 15 is 0 Å². The summed E-state index contributed by atoms with van der Waals surface area (Å²) in [6.45, 7) is 0. The molecule has 0 radical (unpaired) electrons. The molecular weight excluding hydrogens is 289 g/mol. The van der Waals surface area contributed by atoms with Crippen molar-refractivity contribution in [2.75, 3.05) is 0 Å². The molecule has 3 nitrogen and oxygen atoms in total. The van der Waals surface area contributed by atoms with Gasteiger partial charge in [0, 0.05) is 16.6 Å². The van der Waals surface area contributed by atoms with Gasteiger partial charge in [0.1, 0.15) is 5.82 Å². The number of sulfonamides is 1. The highest BCUT2D eigenvalue weighted by molar-refractivity contribution is 7.88. The van der Waals surface area contributed by atoms with E-state index in [1.54, 1.807) is 0 Å². The zero-order valence-electron chi connectivity index (χ0n) is 10.5. The van der Waals surface area contributed by atoms with Crippen LogP contribution in [0.15, 0.2) is 18.2 Å². The number of hydrogen-bond donors (Lipinski definition) is 1. The molecule has 0 unspecified atom stereocenters. The first kappa shape index (κ1) is 14.8. The summed E-state index contributed by atoms with van der Waals surface area (Å²) >= 11 is 5.85. The van der Waals surface area contributed by atoms with E-state index in [9.17, 15) is 12.8 Å². The first-order valence-corrected chi connectivity index (χ1v) is 8.44. The number of halogens is 2. The second kappa shape index (κ2) is 6.20. The SMILES string of the molecule is O=S(=O)(Cc1c(F)cccc1Cl)NC1CCCCC1. The van der Waals surface area contributed by atoms with Crippen LogP contribution in [0.4, 0.5) is 4.39 Å². The number of nitrogens with one attached hydrogen (secondary N) is 1. The molecule has 1 N–H and O–H groups in total. The molecular formula is C13H17ClFNO2S. The van der Waals surface area contributed by atoms with Gasteiger partial charge in [-0.15, -0.1) is 0 Å². The van der Waals surface area contributed by atoms with Crippen molar-refractivity contribution in [2.24, 2.45) is 0 Å². The molecule has 2 rings (SSSR count). The third-order valence-electron chi connectivity index (χ3n) is 3.35. The fraction of sp³-hybridized carbons (Fsp3) is 0.538. The van der Waals surface area contributed by atoms with E-state index in [2.05, 4.69) is 4.72 Å². The van der Waals surface area contributed by atoms with E-state index < -0.39 is 21.6 Å². The highest BCUT2D eigenvalue weighted by Gasteiger charge is 2.22. The van der Waals surface area contributed by atoms with E-state index in [0.29, 0.717) is 0 Å². The Morgan fingerprint density at radius 1 is 1.26 bits per heavy atom. The van der Waals surface area contributed by atoms with Crippen LogP contribution in [0.2, 0.25) is 5.02 Å². The molecule has 0 bridgehead atoms. The van der Waals surface area contributed by atoms with Crippen molar-refractivity contribution in [1.82, 2.24) is 4.72 Å². The highest BCUT2D eigenvalue weighted by atomic mass is 35.5. The Balaban J connectivity index is 2.08. The first-order valence-electron chi connectivity index (χ1n) is 6.41. The Morgan fingerprint density at radius 3 is 2.58 bits per heavy atom. The Bertz CT molecular complexity index is 521. The number of rotatable bonds is 4. The lowest BCUT2D eigenvalue weighted by molar-refractivity contribution is 0.412. The normalized spacial score (nSPS) is 17.6. The van der Waals surface area contributed by atoms with Crippen molar-refractivity contribution in [2.45, 2.75) is 43.9 Å². The van der Waals surface area contributed by atoms with Crippen LogP contribution < -0.4 is 4.72 Å². The second-order valence-electron chi connectivity index (χ2n) is 4.91. The highest BCUT2D eigenvalue weighted by Crippen LogP contribution is 2.23. The average molecular weight is 306 g/mol. The molecule has 106 valence electrons. The molecule has 1 saturated carbocycles. The summed E-state index contributed by atoms with van der Waals surface area (Å²) in [7, 11) is -3.55. The quantitative estimate of drug-likeness (QED) is 0.928. The van der Waals surface area contributed by atoms with Gasteiger partial charge < -0.3 is 0 Å². The zero-order chi connectivity index (χ0) is 13.9. The summed E-state index contributed by atoms with van der Waals surface area (Å²) in [5.41, 5.74) is 0.0347. The minimum absolute atomic E-state index is 0.0238. The molecule has 0 amide bonds. The topological polar surface area (TPSA) is 46.2 Å². The smallest absolute Gasteiger partial charge is 0.212 e. The second-order valence-corrected chi connectivity index (χ2v) is 7.07. The van der Waals surface area contributed by atoms with Crippen molar-refractivity contribution in [3.63, 3.8) is 0 Å². The van der Waals surface area contributed by atoms with Crippen molar-refractivity contribution >= 4 is 21.6 Å². The van der Waals surface area contributed by atoms with Crippen molar-refractivity contribution in [3.8, 4) is 0 Å². The van der Waals surface area contributed by atoms with Crippen molar-refractivity contribution in [3.05, 3.63) is 34.6 Å². The monoisotopic (exact) mass is 305 g/mol. The molecule has 1 aliphatic carbocycles. The fourth-order valence-corrected chi connectivity index (χ4v) is 4.19. The van der Waals surface area contributed by atoms with Gasteiger partial charge in [-0.2, -0.15) is 0 Å². The zero-order valence-corrected chi connectivity index (χ0v) is 12.1. The molecule has 0 saturated heterocycles. The van der Waals surface area contributed by atoms with Gasteiger partial charge in [-0.3, -0.25) is 0 Å². The molecule has 0 atom stereocenters. The summed E-state index contributed by atoms with van der Waals surface area (Å²) in [6.07, 6.45) is 4.92. The predicted molar refractivity (Wildman–Crippen MR) is 74.0 cm³/mol. The summed E-state index contributed by atoms with van der Waals surface area (Å²) in [5, 5.41) is 0.147. The average Bonchev–Trinajstić information content (AvgIpc) is 2.35. The number of benzene rings is 1. The first-order chi connectivity index (χ1) is 8.98. The van der Waals surface area contributed by atoms with Crippen LogP contribution in [0.5, 0.6) is 0 Å². The fourth-order valence-electron chi connectivity index (χ4n) is 2.38. The standard InChI is InChI=1S/C13H17ClFNO2S/c14-12-7-4-8-13(15)11(12)9-19(17,18)16-10-5-2-1-3-6-10/h4,7-8,10,16H,1-3,5-6,9H2. The molecule has 1 aromatic carbocycles. The molecule has 1 aliphatic rings. The molecule has 0 aromatic heterocycles. The maximum atomic E-state index is 13.6. The minimum atomic E-state index is -3.55. The van der Waals surface area contributed by atoms with Gasteiger partial charge in [0.05, 0.1) is 5.75 Å². The van der Waals surface area contributed by atoms with E-state index in [1.807, 2.05) is 0 Å². The van der Waals surface area contributed by atoms with Crippen LogP contribution >= 0.6 is 11.6 Å². The largest absolute Gasteiger partial charge is 0.216 e. The molecule has 19 heavy (non-hydrogen) atoms.